The highest BCUT2D eigenvalue weighted by atomic mass is 32.2. The number of carbonyl (C=O) groups excluding carboxylic acids is 1. The van der Waals surface area contributed by atoms with Crippen molar-refractivity contribution in [1.82, 2.24) is 4.98 Å². The number of sulfone groups is 1. The largest absolute Gasteiger partial charge is 0.380 e. The maximum atomic E-state index is 13.6. The quantitative estimate of drug-likeness (QED) is 0.865. The maximum Gasteiger partial charge on any atom is 0.257 e. The van der Waals surface area contributed by atoms with Gasteiger partial charge in [0.2, 0.25) is 0 Å². The summed E-state index contributed by atoms with van der Waals surface area (Å²) in [6.07, 6.45) is 3.26. The molecule has 0 bridgehead atoms. The first-order valence-electron chi connectivity index (χ1n) is 7.51. The Bertz CT molecular complexity index is 919. The zero-order chi connectivity index (χ0) is 18.0. The Labute approximate surface area is 143 Å². The van der Waals surface area contributed by atoms with Crippen LogP contribution in [0.1, 0.15) is 16.8 Å². The molecule has 2 heterocycles. The second-order valence-corrected chi connectivity index (χ2v) is 8.01. The number of hydrogen-bond acceptors (Lipinski definition) is 5. The van der Waals surface area contributed by atoms with Crippen molar-refractivity contribution in [2.45, 2.75) is 12.5 Å². The lowest BCUT2D eigenvalue weighted by atomic mass is 10.2. The van der Waals surface area contributed by atoms with E-state index in [0.717, 1.165) is 12.1 Å². The smallest absolute Gasteiger partial charge is 0.257 e. The van der Waals surface area contributed by atoms with Gasteiger partial charge < -0.3 is 10.6 Å². The molecule has 0 aliphatic carbocycles. The molecule has 1 aromatic carbocycles. The number of carbonyl (C=O) groups is 1. The fourth-order valence-corrected chi connectivity index (χ4v) is 4.25. The van der Waals surface area contributed by atoms with E-state index in [-0.39, 0.29) is 28.8 Å². The minimum absolute atomic E-state index is 0.0320. The molecule has 1 aromatic heterocycles. The minimum Gasteiger partial charge on any atom is -0.380 e. The van der Waals surface area contributed by atoms with Gasteiger partial charge in [0.15, 0.2) is 9.84 Å². The molecule has 1 saturated heterocycles. The van der Waals surface area contributed by atoms with Crippen molar-refractivity contribution in [1.29, 1.82) is 0 Å². The van der Waals surface area contributed by atoms with Crippen LogP contribution in [0.2, 0.25) is 0 Å². The van der Waals surface area contributed by atoms with Crippen molar-refractivity contribution < 1.29 is 22.0 Å². The number of benzene rings is 1. The summed E-state index contributed by atoms with van der Waals surface area (Å²) < 4.78 is 49.5. The summed E-state index contributed by atoms with van der Waals surface area (Å²) >= 11 is 0. The summed E-state index contributed by atoms with van der Waals surface area (Å²) in [5.41, 5.74) is 0.510. The lowest BCUT2D eigenvalue weighted by Crippen LogP contribution is -2.21. The van der Waals surface area contributed by atoms with Crippen LogP contribution in [0.5, 0.6) is 0 Å². The maximum absolute atomic E-state index is 13.6. The Morgan fingerprint density at radius 1 is 1.20 bits per heavy atom. The first-order valence-corrected chi connectivity index (χ1v) is 9.33. The second kappa shape index (κ2) is 6.75. The van der Waals surface area contributed by atoms with Crippen LogP contribution in [0.3, 0.4) is 0 Å². The van der Waals surface area contributed by atoms with E-state index in [1.807, 2.05) is 0 Å². The molecular weight excluding hydrogens is 352 g/mol. The van der Waals surface area contributed by atoms with E-state index < -0.39 is 27.4 Å². The third-order valence-corrected chi connectivity index (χ3v) is 5.55. The molecule has 1 aliphatic heterocycles. The molecule has 1 fully saturated rings. The number of pyridine rings is 1. The standard InChI is InChI=1S/C16H15F2N3O3S/c17-11-1-2-15(14(18)6-11)21-16(22)10-5-13(8-19-7-10)20-12-3-4-25(23,24)9-12/h1-2,5-8,12,20H,3-4,9H2,(H,21,22). The first kappa shape index (κ1) is 17.3. The SMILES string of the molecule is O=C(Nc1ccc(F)cc1F)c1cncc(NC2CCS(=O)(=O)C2)c1. The van der Waals surface area contributed by atoms with Crippen LogP contribution in [0.25, 0.3) is 0 Å². The van der Waals surface area contributed by atoms with Gasteiger partial charge in [-0.3, -0.25) is 9.78 Å². The average molecular weight is 367 g/mol. The third kappa shape index (κ3) is 4.30. The Morgan fingerprint density at radius 3 is 2.68 bits per heavy atom. The summed E-state index contributed by atoms with van der Waals surface area (Å²) in [5, 5.41) is 5.37. The van der Waals surface area contributed by atoms with Gasteiger partial charge in [0.25, 0.3) is 5.91 Å². The molecule has 0 spiro atoms. The van der Waals surface area contributed by atoms with Crippen molar-refractivity contribution in [2.75, 3.05) is 22.1 Å². The lowest BCUT2D eigenvalue weighted by molar-refractivity contribution is 0.102. The van der Waals surface area contributed by atoms with Crippen LogP contribution in [0, 0.1) is 11.6 Å². The fraction of sp³-hybridized carbons (Fsp3) is 0.250. The summed E-state index contributed by atoms with van der Waals surface area (Å²) in [6.45, 7) is 0. The van der Waals surface area contributed by atoms with E-state index in [1.165, 1.54) is 18.5 Å². The number of hydrogen-bond donors (Lipinski definition) is 2. The van der Waals surface area contributed by atoms with Crippen LogP contribution in [-0.4, -0.2) is 36.9 Å². The molecule has 6 nitrogen and oxygen atoms in total. The van der Waals surface area contributed by atoms with Gasteiger partial charge in [0.1, 0.15) is 11.6 Å². The van der Waals surface area contributed by atoms with Gasteiger partial charge in [-0.1, -0.05) is 0 Å². The fourth-order valence-electron chi connectivity index (χ4n) is 2.57. The first-order chi connectivity index (χ1) is 11.8. The lowest BCUT2D eigenvalue weighted by Gasteiger charge is -2.13. The highest BCUT2D eigenvalue weighted by molar-refractivity contribution is 7.91. The van der Waals surface area contributed by atoms with E-state index in [9.17, 15) is 22.0 Å². The topological polar surface area (TPSA) is 88.2 Å². The molecule has 2 N–H and O–H groups in total. The summed E-state index contributed by atoms with van der Waals surface area (Å²) in [5.74, 6) is -2.07. The number of anilines is 2. The van der Waals surface area contributed by atoms with Crippen LogP contribution in [-0.2, 0) is 9.84 Å². The Hall–Kier alpha value is -2.55. The Balaban J connectivity index is 1.71. The van der Waals surface area contributed by atoms with Crippen LogP contribution >= 0.6 is 0 Å². The molecule has 3 rings (SSSR count). The Kier molecular flexibility index (Phi) is 4.67. The van der Waals surface area contributed by atoms with Gasteiger partial charge in [-0.2, -0.15) is 0 Å². The monoisotopic (exact) mass is 367 g/mol. The molecular formula is C16H15F2N3O3S. The zero-order valence-corrected chi connectivity index (χ0v) is 13.8. The number of halogens is 2. The molecule has 1 amide bonds. The predicted octanol–water partition coefficient (Wildman–Crippen LogP) is 2.21. The van der Waals surface area contributed by atoms with Crippen molar-refractivity contribution in [3.05, 3.63) is 53.9 Å². The van der Waals surface area contributed by atoms with E-state index in [0.29, 0.717) is 18.2 Å². The van der Waals surface area contributed by atoms with Gasteiger partial charge in [-0.25, -0.2) is 17.2 Å². The zero-order valence-electron chi connectivity index (χ0n) is 13.0. The number of amides is 1. The van der Waals surface area contributed by atoms with Gasteiger partial charge in [0, 0.05) is 24.5 Å². The van der Waals surface area contributed by atoms with E-state index in [1.54, 1.807) is 0 Å². The van der Waals surface area contributed by atoms with Crippen molar-refractivity contribution in [3.63, 3.8) is 0 Å². The molecule has 0 saturated carbocycles. The van der Waals surface area contributed by atoms with E-state index >= 15 is 0 Å². The van der Waals surface area contributed by atoms with Gasteiger partial charge in [-0.05, 0) is 24.6 Å². The van der Waals surface area contributed by atoms with Gasteiger partial charge in [0.05, 0.1) is 28.4 Å². The molecule has 0 radical (unpaired) electrons. The normalized spacial score (nSPS) is 18.7. The Morgan fingerprint density at radius 2 is 2.00 bits per heavy atom. The molecule has 9 heteroatoms. The average Bonchev–Trinajstić information content (AvgIpc) is 2.89. The molecule has 1 unspecified atom stereocenters. The predicted molar refractivity (Wildman–Crippen MR) is 89.2 cm³/mol. The van der Waals surface area contributed by atoms with Gasteiger partial charge >= 0.3 is 0 Å². The number of nitrogens with zero attached hydrogens (tertiary/aromatic N) is 1. The molecule has 1 aliphatic rings. The van der Waals surface area contributed by atoms with Crippen LogP contribution < -0.4 is 10.6 Å². The third-order valence-electron chi connectivity index (χ3n) is 3.78. The van der Waals surface area contributed by atoms with Gasteiger partial charge in [-0.15, -0.1) is 0 Å². The van der Waals surface area contributed by atoms with Crippen LogP contribution in [0.4, 0.5) is 20.2 Å². The van der Waals surface area contributed by atoms with E-state index in [4.69, 9.17) is 0 Å². The number of rotatable bonds is 4. The summed E-state index contributed by atoms with van der Waals surface area (Å²) in [7, 11) is -3.03. The molecule has 25 heavy (non-hydrogen) atoms. The van der Waals surface area contributed by atoms with E-state index in [2.05, 4.69) is 15.6 Å². The highest BCUT2D eigenvalue weighted by Crippen LogP contribution is 2.19. The number of aromatic nitrogens is 1. The highest BCUT2D eigenvalue weighted by Gasteiger charge is 2.27. The minimum atomic E-state index is -3.03. The summed E-state index contributed by atoms with van der Waals surface area (Å²) in [6, 6.07) is 4.09. The molecule has 132 valence electrons. The molecule has 1 atom stereocenters. The number of nitrogens with one attached hydrogen (secondary N) is 2. The van der Waals surface area contributed by atoms with Crippen molar-refractivity contribution in [2.24, 2.45) is 0 Å². The second-order valence-electron chi connectivity index (χ2n) is 5.78. The van der Waals surface area contributed by atoms with Crippen LogP contribution in [0.15, 0.2) is 36.7 Å². The van der Waals surface area contributed by atoms with Crippen molar-refractivity contribution >= 4 is 27.1 Å². The summed E-state index contributed by atoms with van der Waals surface area (Å²) in [4.78, 5) is 16.1. The molecule has 2 aromatic rings. The van der Waals surface area contributed by atoms with Crippen molar-refractivity contribution in [3.8, 4) is 0 Å².